The Kier molecular flexibility index (Phi) is 5.56. The zero-order valence-corrected chi connectivity index (χ0v) is 15.1. The highest BCUT2D eigenvalue weighted by atomic mass is 28.4. The number of carbonyl (C=O) groups excluding carboxylic acids is 1. The third-order valence-electron chi connectivity index (χ3n) is 3.87. The number of esters is 1. The van der Waals surface area contributed by atoms with Crippen LogP contribution >= 0.6 is 0 Å². The summed E-state index contributed by atoms with van der Waals surface area (Å²) >= 11 is 0. The fourth-order valence-electron chi connectivity index (χ4n) is 1.51. The molecule has 0 unspecified atom stereocenters. The van der Waals surface area contributed by atoms with Crippen LogP contribution in [0.15, 0.2) is 30.0 Å². The molecule has 0 heterocycles. The van der Waals surface area contributed by atoms with Gasteiger partial charge in [-0.15, -0.1) is 0 Å². The smallest absolute Gasteiger partial charge is 0.371 e. The molecule has 4 nitrogen and oxygen atoms in total. The Morgan fingerprint density at radius 2 is 1.95 bits per heavy atom. The number of benzene rings is 1. The highest BCUT2D eigenvalue weighted by Gasteiger charge is 2.40. The molecule has 1 rings (SSSR count). The molecule has 0 saturated carbocycles. The molecule has 22 heavy (non-hydrogen) atoms. The molecule has 1 aromatic carbocycles. The third kappa shape index (κ3) is 4.47. The molecule has 0 aromatic heterocycles. The second kappa shape index (κ2) is 6.80. The normalized spacial score (nSPS) is 12.5. The lowest BCUT2D eigenvalue weighted by Gasteiger charge is -2.36. The van der Waals surface area contributed by atoms with E-state index in [1.54, 1.807) is 24.3 Å². The second-order valence-electron chi connectivity index (χ2n) is 6.60. The van der Waals surface area contributed by atoms with Gasteiger partial charge in [-0.05, 0) is 41.9 Å². The molecule has 0 bridgehead atoms. The molecule has 0 aliphatic rings. The largest absolute Gasteiger partial charge is 0.539 e. The van der Waals surface area contributed by atoms with Crippen LogP contribution in [-0.4, -0.2) is 21.4 Å². The van der Waals surface area contributed by atoms with Gasteiger partial charge in [-0.1, -0.05) is 32.9 Å². The Bertz CT molecular complexity index is 622. The van der Waals surface area contributed by atoms with E-state index in [-0.39, 0.29) is 10.8 Å². The van der Waals surface area contributed by atoms with Crippen LogP contribution in [0.3, 0.4) is 0 Å². The van der Waals surface area contributed by atoms with Crippen LogP contribution in [0.25, 0.3) is 6.08 Å². The molecule has 0 saturated heterocycles. The van der Waals surface area contributed by atoms with Gasteiger partial charge in [0.25, 0.3) is 8.32 Å². The van der Waals surface area contributed by atoms with Crippen molar-refractivity contribution < 1.29 is 14.0 Å². The van der Waals surface area contributed by atoms with Gasteiger partial charge in [-0.3, -0.25) is 0 Å². The molecular weight excluding hydrogens is 294 g/mol. The van der Waals surface area contributed by atoms with E-state index in [0.29, 0.717) is 5.56 Å². The van der Waals surface area contributed by atoms with Crippen molar-refractivity contribution in [2.45, 2.75) is 38.9 Å². The van der Waals surface area contributed by atoms with Crippen molar-refractivity contribution in [3.8, 4) is 6.07 Å². The Morgan fingerprint density at radius 3 is 2.45 bits per heavy atom. The van der Waals surface area contributed by atoms with E-state index in [2.05, 4.69) is 39.9 Å². The first-order chi connectivity index (χ1) is 10.1. The molecule has 1 aromatic rings. The Labute approximate surface area is 133 Å². The molecule has 0 spiro atoms. The average molecular weight is 317 g/mol. The van der Waals surface area contributed by atoms with Crippen LogP contribution in [0.1, 0.15) is 31.9 Å². The lowest BCUT2D eigenvalue weighted by Crippen LogP contribution is -2.41. The van der Waals surface area contributed by atoms with Crippen molar-refractivity contribution in [2.75, 3.05) is 7.11 Å². The lowest BCUT2D eigenvalue weighted by molar-refractivity contribution is -0.138. The van der Waals surface area contributed by atoms with Crippen LogP contribution < -0.4 is 0 Å². The molecule has 5 heteroatoms. The summed E-state index contributed by atoms with van der Waals surface area (Å²) in [6.45, 7) is 10.4. The summed E-state index contributed by atoms with van der Waals surface area (Å²) in [5, 5.41) is 8.92. The summed E-state index contributed by atoms with van der Waals surface area (Å²) in [4.78, 5) is 12.0. The SMILES string of the molecule is COC(=O)C(=Cc1cccc(C#N)c1)O[Si](C)(C)C(C)(C)C. The maximum atomic E-state index is 12.0. The fourth-order valence-corrected chi connectivity index (χ4v) is 2.51. The zero-order chi connectivity index (χ0) is 17.0. The zero-order valence-electron chi connectivity index (χ0n) is 14.1. The molecule has 118 valence electrons. The molecule has 0 radical (unpaired) electrons. The second-order valence-corrected chi connectivity index (χ2v) is 11.3. The van der Waals surface area contributed by atoms with E-state index in [0.717, 1.165) is 5.56 Å². The molecular formula is C17H23NO3Si. The predicted octanol–water partition coefficient (Wildman–Crippen LogP) is 4.09. The van der Waals surface area contributed by atoms with Crippen LogP contribution in [-0.2, 0) is 14.0 Å². The minimum atomic E-state index is -2.16. The Balaban J connectivity index is 3.22. The van der Waals surface area contributed by atoms with Gasteiger partial charge in [0, 0.05) is 0 Å². The first-order valence-corrected chi connectivity index (χ1v) is 10.0. The van der Waals surface area contributed by atoms with Gasteiger partial charge in [0.05, 0.1) is 18.7 Å². The first-order valence-electron chi connectivity index (χ1n) is 7.10. The summed E-state index contributed by atoms with van der Waals surface area (Å²) in [6, 6.07) is 9.08. The molecule has 0 fully saturated rings. The molecule has 0 N–H and O–H groups in total. The highest BCUT2D eigenvalue weighted by molar-refractivity contribution is 6.74. The van der Waals surface area contributed by atoms with Gasteiger partial charge in [0.2, 0.25) is 0 Å². The van der Waals surface area contributed by atoms with Gasteiger partial charge in [0.15, 0.2) is 5.76 Å². The standard InChI is InChI=1S/C17H23NO3Si/c1-17(2,3)22(5,6)21-15(16(19)20-4)11-13-8-7-9-14(10-13)12-18/h7-11H,1-6H3. The van der Waals surface area contributed by atoms with Crippen LogP contribution in [0.4, 0.5) is 0 Å². The fraction of sp³-hybridized carbons (Fsp3) is 0.412. The monoisotopic (exact) mass is 317 g/mol. The van der Waals surface area contributed by atoms with Gasteiger partial charge in [0.1, 0.15) is 0 Å². The minimum Gasteiger partial charge on any atom is -0.539 e. The number of rotatable bonds is 4. The van der Waals surface area contributed by atoms with Crippen molar-refractivity contribution in [2.24, 2.45) is 0 Å². The number of methoxy groups -OCH3 is 1. The van der Waals surface area contributed by atoms with Crippen molar-refractivity contribution >= 4 is 20.4 Å². The topological polar surface area (TPSA) is 59.3 Å². The van der Waals surface area contributed by atoms with E-state index in [1.807, 2.05) is 6.07 Å². The first kappa shape index (κ1) is 18.0. The van der Waals surface area contributed by atoms with Crippen molar-refractivity contribution in [1.29, 1.82) is 5.26 Å². The summed E-state index contributed by atoms with van der Waals surface area (Å²) in [7, 11) is -0.827. The maximum Gasteiger partial charge on any atom is 0.371 e. The van der Waals surface area contributed by atoms with E-state index in [4.69, 9.17) is 14.4 Å². The minimum absolute atomic E-state index is 0.0331. The van der Waals surface area contributed by atoms with Crippen LogP contribution in [0.2, 0.25) is 18.1 Å². The van der Waals surface area contributed by atoms with Gasteiger partial charge in [-0.25, -0.2) is 4.79 Å². The molecule has 0 aliphatic heterocycles. The number of nitriles is 1. The average Bonchev–Trinajstić information content (AvgIpc) is 2.44. The van der Waals surface area contributed by atoms with Crippen molar-refractivity contribution in [3.05, 3.63) is 41.2 Å². The Morgan fingerprint density at radius 1 is 1.32 bits per heavy atom. The van der Waals surface area contributed by atoms with Gasteiger partial charge >= 0.3 is 5.97 Å². The van der Waals surface area contributed by atoms with Gasteiger partial charge < -0.3 is 9.16 Å². The van der Waals surface area contributed by atoms with E-state index in [1.165, 1.54) is 7.11 Å². The number of hydrogen-bond acceptors (Lipinski definition) is 4. The summed E-state index contributed by atoms with van der Waals surface area (Å²) in [6.07, 6.45) is 1.63. The van der Waals surface area contributed by atoms with Crippen LogP contribution in [0.5, 0.6) is 0 Å². The molecule has 0 aliphatic carbocycles. The van der Waals surface area contributed by atoms with Gasteiger partial charge in [-0.2, -0.15) is 5.26 Å². The number of nitrogens with zero attached hydrogens (tertiary/aromatic N) is 1. The summed E-state index contributed by atoms with van der Waals surface area (Å²) in [5.41, 5.74) is 1.27. The number of hydrogen-bond donors (Lipinski definition) is 0. The van der Waals surface area contributed by atoms with Crippen LogP contribution in [0, 0.1) is 11.3 Å². The predicted molar refractivity (Wildman–Crippen MR) is 89.4 cm³/mol. The van der Waals surface area contributed by atoms with E-state index >= 15 is 0 Å². The summed E-state index contributed by atoms with van der Waals surface area (Å²) < 4.78 is 10.9. The molecule has 0 atom stereocenters. The quantitative estimate of drug-likeness (QED) is 0.363. The number of carbonyl (C=O) groups is 1. The van der Waals surface area contributed by atoms with Crippen molar-refractivity contribution in [1.82, 2.24) is 0 Å². The maximum absolute atomic E-state index is 12.0. The lowest BCUT2D eigenvalue weighted by atomic mass is 10.1. The molecule has 0 amide bonds. The van der Waals surface area contributed by atoms with E-state index < -0.39 is 14.3 Å². The van der Waals surface area contributed by atoms with Crippen molar-refractivity contribution in [3.63, 3.8) is 0 Å². The number of ether oxygens (including phenoxy) is 1. The van der Waals surface area contributed by atoms with E-state index in [9.17, 15) is 4.79 Å². The Hall–Kier alpha value is -2.06. The highest BCUT2D eigenvalue weighted by Crippen LogP contribution is 2.38. The third-order valence-corrected chi connectivity index (χ3v) is 8.21. The summed E-state index contributed by atoms with van der Waals surface area (Å²) in [5.74, 6) is -0.323.